The van der Waals surface area contributed by atoms with Gasteiger partial charge in [-0.1, -0.05) is 12.1 Å². The molecule has 22 heavy (non-hydrogen) atoms. The number of amides is 1. The lowest BCUT2D eigenvalue weighted by Crippen LogP contribution is -2.31. The Morgan fingerprint density at radius 1 is 1.27 bits per heavy atom. The predicted molar refractivity (Wildman–Crippen MR) is 83.7 cm³/mol. The fourth-order valence-corrected chi connectivity index (χ4v) is 2.57. The van der Waals surface area contributed by atoms with E-state index in [0.717, 1.165) is 40.5 Å². The number of nitrogens with one attached hydrogen (secondary N) is 3. The Kier molecular flexibility index (Phi) is 4.97. The largest absolute Gasteiger partial charge is 0.361 e. The van der Waals surface area contributed by atoms with Gasteiger partial charge in [0, 0.05) is 11.6 Å². The van der Waals surface area contributed by atoms with Crippen LogP contribution >= 0.6 is 0 Å². The molecule has 0 saturated carbocycles. The van der Waals surface area contributed by atoms with Gasteiger partial charge in [-0.25, -0.2) is 0 Å². The van der Waals surface area contributed by atoms with E-state index in [9.17, 15) is 4.79 Å². The molecule has 1 atom stereocenters. The maximum absolute atomic E-state index is 12.1. The number of carbonyl (C=O) groups is 1. The zero-order valence-electron chi connectivity index (χ0n) is 13.7. The molecule has 1 amide bonds. The minimum atomic E-state index is -0.0992. The molecule has 120 valence electrons. The molecule has 2 rings (SSSR count). The molecular weight excluding hydrogens is 282 g/mol. The third kappa shape index (κ3) is 3.36. The lowest BCUT2D eigenvalue weighted by molar-refractivity contribution is -0.115. The first-order valence-corrected chi connectivity index (χ1v) is 7.41. The predicted octanol–water partition coefficient (Wildman–Crippen LogP) is 2.31. The summed E-state index contributed by atoms with van der Waals surface area (Å²) in [6.07, 6.45) is 0.847. The summed E-state index contributed by atoms with van der Waals surface area (Å²) in [5, 5.41) is 17.0. The first-order valence-electron chi connectivity index (χ1n) is 7.41. The van der Waals surface area contributed by atoms with Gasteiger partial charge in [0.2, 0.25) is 5.91 Å². The fourth-order valence-electron chi connectivity index (χ4n) is 2.57. The van der Waals surface area contributed by atoms with Gasteiger partial charge in [-0.3, -0.25) is 9.89 Å². The smallest absolute Gasteiger partial charge is 0.238 e. The molecule has 2 aromatic rings. The van der Waals surface area contributed by atoms with Gasteiger partial charge in [0.25, 0.3) is 0 Å². The number of anilines is 1. The number of hydrogen-bond donors (Lipinski definition) is 3. The summed E-state index contributed by atoms with van der Waals surface area (Å²) in [5.41, 5.74) is 4.27. The van der Waals surface area contributed by atoms with Crippen LogP contribution in [-0.2, 0) is 4.79 Å². The normalized spacial score (nSPS) is 12.4. The maximum atomic E-state index is 12.1. The third-order valence-corrected chi connectivity index (χ3v) is 3.75. The van der Waals surface area contributed by atoms with E-state index >= 15 is 0 Å². The van der Waals surface area contributed by atoms with Gasteiger partial charge in [-0.05, 0) is 34.1 Å². The molecule has 0 radical (unpaired) electrons. The molecule has 0 unspecified atom stereocenters. The Hall–Kier alpha value is -2.15. The first kappa shape index (κ1) is 16.2. The summed E-state index contributed by atoms with van der Waals surface area (Å²) >= 11 is 0. The molecule has 0 aliphatic heterocycles. The minimum absolute atomic E-state index is 0.0449. The Bertz CT molecular complexity index is 620. The van der Waals surface area contributed by atoms with E-state index in [2.05, 4.69) is 32.9 Å². The second-order valence-electron chi connectivity index (χ2n) is 5.44. The Balaban J connectivity index is 1.98. The van der Waals surface area contributed by atoms with Crippen molar-refractivity contribution < 1.29 is 9.32 Å². The van der Waals surface area contributed by atoms with Crippen LogP contribution in [0.4, 0.5) is 5.69 Å². The van der Waals surface area contributed by atoms with Crippen molar-refractivity contribution in [1.82, 2.24) is 20.7 Å². The molecule has 2 heterocycles. The van der Waals surface area contributed by atoms with Crippen LogP contribution in [0.1, 0.15) is 47.8 Å². The molecule has 2 aromatic heterocycles. The number of hydrogen-bond acceptors (Lipinski definition) is 5. The number of carbonyl (C=O) groups excluding carboxylic acids is 1. The molecule has 0 fully saturated rings. The van der Waals surface area contributed by atoms with Crippen molar-refractivity contribution in [2.24, 2.45) is 0 Å². The van der Waals surface area contributed by atoms with Gasteiger partial charge in [-0.15, -0.1) is 0 Å². The van der Waals surface area contributed by atoms with Crippen LogP contribution in [0.3, 0.4) is 0 Å². The second-order valence-corrected chi connectivity index (χ2v) is 5.44. The van der Waals surface area contributed by atoms with Crippen LogP contribution in [0.2, 0.25) is 0 Å². The summed E-state index contributed by atoms with van der Waals surface area (Å²) in [7, 11) is 0. The van der Waals surface area contributed by atoms with Crippen molar-refractivity contribution in [2.45, 2.75) is 47.1 Å². The van der Waals surface area contributed by atoms with E-state index < -0.39 is 0 Å². The van der Waals surface area contributed by atoms with E-state index in [1.807, 2.05) is 27.7 Å². The summed E-state index contributed by atoms with van der Waals surface area (Å²) in [5.74, 6) is 0.691. The van der Waals surface area contributed by atoms with Gasteiger partial charge in [0.1, 0.15) is 5.76 Å². The van der Waals surface area contributed by atoms with Crippen LogP contribution in [0, 0.1) is 27.7 Å². The van der Waals surface area contributed by atoms with Gasteiger partial charge >= 0.3 is 0 Å². The Morgan fingerprint density at radius 2 is 2.00 bits per heavy atom. The zero-order valence-corrected chi connectivity index (χ0v) is 13.7. The lowest BCUT2D eigenvalue weighted by atomic mass is 10.0. The summed E-state index contributed by atoms with van der Waals surface area (Å²) < 4.78 is 5.20. The van der Waals surface area contributed by atoms with Crippen LogP contribution in [0.5, 0.6) is 0 Å². The van der Waals surface area contributed by atoms with Crippen LogP contribution in [-0.4, -0.2) is 27.8 Å². The molecule has 0 aromatic carbocycles. The third-order valence-electron chi connectivity index (χ3n) is 3.75. The van der Waals surface area contributed by atoms with Gasteiger partial charge < -0.3 is 15.2 Å². The quantitative estimate of drug-likeness (QED) is 0.761. The van der Waals surface area contributed by atoms with Crippen LogP contribution in [0.25, 0.3) is 0 Å². The van der Waals surface area contributed by atoms with Crippen molar-refractivity contribution in [3.63, 3.8) is 0 Å². The molecular formula is C15H23N5O2. The topological polar surface area (TPSA) is 95.8 Å². The molecule has 0 saturated heterocycles. The van der Waals surface area contributed by atoms with E-state index in [-0.39, 0.29) is 18.5 Å². The van der Waals surface area contributed by atoms with E-state index in [1.54, 1.807) is 0 Å². The van der Waals surface area contributed by atoms with E-state index in [1.165, 1.54) is 0 Å². The lowest BCUT2D eigenvalue weighted by Gasteiger charge is -2.16. The fraction of sp³-hybridized carbons (Fsp3) is 0.533. The zero-order chi connectivity index (χ0) is 16.3. The van der Waals surface area contributed by atoms with Crippen molar-refractivity contribution in [3.05, 3.63) is 28.4 Å². The number of aromatic amines is 1. The van der Waals surface area contributed by atoms with E-state index in [0.29, 0.717) is 0 Å². The molecule has 0 aliphatic carbocycles. The average molecular weight is 305 g/mol. The monoisotopic (exact) mass is 305 g/mol. The summed E-state index contributed by atoms with van der Waals surface area (Å²) in [6, 6.07) is 0.0449. The van der Waals surface area contributed by atoms with Crippen molar-refractivity contribution in [2.75, 3.05) is 11.9 Å². The molecule has 0 spiro atoms. The van der Waals surface area contributed by atoms with Crippen LogP contribution in [0.15, 0.2) is 4.52 Å². The highest BCUT2D eigenvalue weighted by Gasteiger charge is 2.19. The second kappa shape index (κ2) is 6.74. The SMILES string of the molecule is CC[C@H](NCC(=O)Nc1c(C)n[nH]c1C)c1c(C)noc1C. The highest BCUT2D eigenvalue weighted by atomic mass is 16.5. The summed E-state index contributed by atoms with van der Waals surface area (Å²) in [4.78, 5) is 12.1. The van der Waals surface area contributed by atoms with Gasteiger partial charge in [0.15, 0.2) is 0 Å². The van der Waals surface area contributed by atoms with Crippen molar-refractivity contribution >= 4 is 11.6 Å². The maximum Gasteiger partial charge on any atom is 0.238 e. The minimum Gasteiger partial charge on any atom is -0.361 e. The standard InChI is InChI=1S/C15H23N5O2/c1-6-12(14-8(2)20-22-11(14)5)16-7-13(21)17-15-9(3)18-19-10(15)4/h12,16H,6-7H2,1-5H3,(H,17,21)(H,18,19)/t12-/m0/s1. The Morgan fingerprint density at radius 3 is 2.50 bits per heavy atom. The van der Waals surface area contributed by atoms with E-state index in [4.69, 9.17) is 4.52 Å². The number of nitrogens with zero attached hydrogens (tertiary/aromatic N) is 2. The number of aromatic nitrogens is 3. The van der Waals surface area contributed by atoms with Gasteiger partial charge in [-0.2, -0.15) is 5.10 Å². The van der Waals surface area contributed by atoms with Crippen molar-refractivity contribution in [3.8, 4) is 0 Å². The highest BCUT2D eigenvalue weighted by molar-refractivity contribution is 5.93. The molecule has 3 N–H and O–H groups in total. The molecule has 0 bridgehead atoms. The molecule has 7 nitrogen and oxygen atoms in total. The van der Waals surface area contributed by atoms with Crippen LogP contribution < -0.4 is 10.6 Å². The highest BCUT2D eigenvalue weighted by Crippen LogP contribution is 2.23. The number of aryl methyl sites for hydroxylation is 4. The summed E-state index contributed by atoms with van der Waals surface area (Å²) in [6.45, 7) is 9.80. The number of rotatable bonds is 6. The molecule has 7 heteroatoms. The number of H-pyrrole nitrogens is 1. The molecule has 0 aliphatic rings. The average Bonchev–Trinajstić information content (AvgIpc) is 2.97. The Labute approximate surface area is 129 Å². The first-order chi connectivity index (χ1) is 10.4. The van der Waals surface area contributed by atoms with Crippen molar-refractivity contribution in [1.29, 1.82) is 0 Å². The van der Waals surface area contributed by atoms with Gasteiger partial charge in [0.05, 0.1) is 29.3 Å².